The molecule has 2 aromatic rings. The van der Waals surface area contributed by atoms with E-state index in [1.165, 1.54) is 36.1 Å². The number of hydrogen-bond acceptors (Lipinski definition) is 3. The molecule has 0 aliphatic carbocycles. The highest BCUT2D eigenvalue weighted by Crippen LogP contribution is 2.28. The summed E-state index contributed by atoms with van der Waals surface area (Å²) in [6, 6.07) is 14.9. The van der Waals surface area contributed by atoms with Crippen molar-refractivity contribution < 1.29 is 0 Å². The zero-order valence-corrected chi connectivity index (χ0v) is 13.9. The van der Waals surface area contributed by atoms with E-state index in [4.69, 9.17) is 5.10 Å². The van der Waals surface area contributed by atoms with Gasteiger partial charge in [0, 0.05) is 30.6 Å². The molecule has 0 amide bonds. The topological polar surface area (TPSA) is 28.5 Å². The van der Waals surface area contributed by atoms with Crippen LogP contribution in [-0.2, 0) is 6.54 Å². The van der Waals surface area contributed by atoms with Crippen molar-refractivity contribution in [2.75, 3.05) is 6.54 Å². The number of hydrazone groups is 1. The van der Waals surface area contributed by atoms with Crippen LogP contribution in [0.2, 0.25) is 0 Å². The first-order chi connectivity index (χ1) is 11.4. The molecule has 3 heteroatoms. The third kappa shape index (κ3) is 4.19. The third-order valence-corrected chi connectivity index (χ3v) is 4.39. The van der Waals surface area contributed by atoms with Crippen molar-refractivity contribution >= 4 is 5.71 Å². The molecule has 1 atom stereocenters. The molecular formula is C20H25N3. The molecule has 120 valence electrons. The summed E-state index contributed by atoms with van der Waals surface area (Å²) in [7, 11) is 0. The first-order valence-electron chi connectivity index (χ1n) is 8.63. The van der Waals surface area contributed by atoms with Crippen molar-refractivity contribution in [1.82, 2.24) is 9.99 Å². The predicted octanol–water partition coefficient (Wildman–Crippen LogP) is 4.62. The molecule has 0 saturated carbocycles. The van der Waals surface area contributed by atoms with Gasteiger partial charge in [-0.25, -0.2) is 0 Å². The molecule has 3 nitrogen and oxygen atoms in total. The Morgan fingerprint density at radius 3 is 2.70 bits per heavy atom. The molecule has 1 aliphatic rings. The Labute approximate surface area is 139 Å². The standard InChI is InChI=1S/C20H25N3/c1-2-3-5-12-20-19(18-10-6-4-7-11-18)16-23(22-20)15-17-9-8-13-21-14-17/h4,6-11,13-14,19H,2-3,5,12,15-16H2,1H3. The zero-order valence-electron chi connectivity index (χ0n) is 13.9. The van der Waals surface area contributed by atoms with Crippen LogP contribution in [0.15, 0.2) is 60.0 Å². The van der Waals surface area contributed by atoms with Gasteiger partial charge in [0.05, 0.1) is 6.54 Å². The summed E-state index contributed by atoms with van der Waals surface area (Å²) in [4.78, 5) is 4.21. The number of benzene rings is 1. The minimum absolute atomic E-state index is 0.435. The van der Waals surface area contributed by atoms with Crippen molar-refractivity contribution in [3.05, 3.63) is 66.0 Å². The van der Waals surface area contributed by atoms with E-state index in [0.29, 0.717) is 5.92 Å². The van der Waals surface area contributed by atoms with Crippen LogP contribution >= 0.6 is 0 Å². The molecule has 0 fully saturated rings. The van der Waals surface area contributed by atoms with Crippen molar-refractivity contribution in [3.8, 4) is 0 Å². The van der Waals surface area contributed by atoms with Gasteiger partial charge < -0.3 is 0 Å². The average molecular weight is 307 g/mol. The fourth-order valence-corrected chi connectivity index (χ4v) is 3.17. The first-order valence-corrected chi connectivity index (χ1v) is 8.63. The van der Waals surface area contributed by atoms with Crippen LogP contribution in [0.5, 0.6) is 0 Å². The van der Waals surface area contributed by atoms with Crippen LogP contribution in [0.25, 0.3) is 0 Å². The fraction of sp³-hybridized carbons (Fsp3) is 0.400. The van der Waals surface area contributed by atoms with Gasteiger partial charge in [0.25, 0.3) is 0 Å². The van der Waals surface area contributed by atoms with Crippen LogP contribution in [0.1, 0.15) is 49.7 Å². The number of nitrogens with zero attached hydrogens (tertiary/aromatic N) is 3. The number of unbranched alkanes of at least 4 members (excludes halogenated alkanes) is 2. The van der Waals surface area contributed by atoms with Crippen LogP contribution in [0, 0.1) is 0 Å². The molecule has 1 unspecified atom stereocenters. The Hall–Kier alpha value is -2.16. The summed E-state index contributed by atoms with van der Waals surface area (Å²) in [5.41, 5.74) is 3.95. The third-order valence-electron chi connectivity index (χ3n) is 4.39. The smallest absolute Gasteiger partial charge is 0.0626 e. The summed E-state index contributed by atoms with van der Waals surface area (Å²) in [5.74, 6) is 0.435. The SMILES string of the molecule is CCCCCC1=NN(Cc2cccnc2)CC1c1ccccc1. The lowest BCUT2D eigenvalue weighted by Gasteiger charge is -2.16. The van der Waals surface area contributed by atoms with Gasteiger partial charge in [-0.15, -0.1) is 0 Å². The Morgan fingerprint density at radius 2 is 1.96 bits per heavy atom. The Balaban J connectivity index is 1.73. The lowest BCUT2D eigenvalue weighted by Crippen LogP contribution is -2.18. The number of pyridine rings is 1. The normalized spacial score (nSPS) is 17.3. The quantitative estimate of drug-likeness (QED) is 0.698. The lowest BCUT2D eigenvalue weighted by molar-refractivity contribution is 0.301. The van der Waals surface area contributed by atoms with Gasteiger partial charge in [-0.3, -0.25) is 9.99 Å². The largest absolute Gasteiger partial charge is 0.292 e. The molecule has 2 heterocycles. The van der Waals surface area contributed by atoms with Gasteiger partial charge in [0.2, 0.25) is 0 Å². The molecule has 0 saturated heterocycles. The minimum Gasteiger partial charge on any atom is -0.292 e. The van der Waals surface area contributed by atoms with Crippen molar-refractivity contribution in [2.24, 2.45) is 5.10 Å². The zero-order chi connectivity index (χ0) is 15.9. The fourth-order valence-electron chi connectivity index (χ4n) is 3.17. The number of rotatable bonds is 7. The molecule has 23 heavy (non-hydrogen) atoms. The Morgan fingerprint density at radius 1 is 1.09 bits per heavy atom. The monoisotopic (exact) mass is 307 g/mol. The highest BCUT2D eigenvalue weighted by Gasteiger charge is 2.27. The highest BCUT2D eigenvalue weighted by molar-refractivity contribution is 5.92. The second kappa shape index (κ2) is 7.91. The second-order valence-electron chi connectivity index (χ2n) is 6.22. The highest BCUT2D eigenvalue weighted by atomic mass is 15.5. The molecule has 1 aliphatic heterocycles. The molecular weight excluding hydrogens is 282 g/mol. The van der Waals surface area contributed by atoms with E-state index in [1.807, 2.05) is 18.5 Å². The lowest BCUT2D eigenvalue weighted by atomic mass is 9.92. The number of hydrogen-bond donors (Lipinski definition) is 0. The maximum atomic E-state index is 4.94. The van der Waals surface area contributed by atoms with Crippen LogP contribution in [0.3, 0.4) is 0 Å². The maximum Gasteiger partial charge on any atom is 0.0626 e. The van der Waals surface area contributed by atoms with E-state index in [9.17, 15) is 0 Å². The van der Waals surface area contributed by atoms with Gasteiger partial charge in [-0.1, -0.05) is 56.2 Å². The summed E-state index contributed by atoms with van der Waals surface area (Å²) >= 11 is 0. The Bertz CT molecular complexity index is 622. The van der Waals surface area contributed by atoms with Gasteiger partial charge in [-0.2, -0.15) is 5.10 Å². The molecule has 0 bridgehead atoms. The van der Waals surface area contributed by atoms with Gasteiger partial charge in [0.1, 0.15) is 0 Å². The summed E-state index contributed by atoms with van der Waals surface area (Å²) in [5, 5.41) is 7.14. The van der Waals surface area contributed by atoms with Crippen LogP contribution < -0.4 is 0 Å². The van der Waals surface area contributed by atoms with Crippen LogP contribution in [0.4, 0.5) is 0 Å². The summed E-state index contributed by atoms with van der Waals surface area (Å²) in [6.07, 6.45) is 8.63. The molecule has 1 aromatic heterocycles. The van der Waals surface area contributed by atoms with Crippen molar-refractivity contribution in [3.63, 3.8) is 0 Å². The number of aromatic nitrogens is 1. The van der Waals surface area contributed by atoms with E-state index in [0.717, 1.165) is 19.5 Å². The molecule has 0 N–H and O–H groups in total. The molecule has 0 spiro atoms. The Kier molecular flexibility index (Phi) is 5.41. The van der Waals surface area contributed by atoms with E-state index in [-0.39, 0.29) is 0 Å². The maximum absolute atomic E-state index is 4.94. The predicted molar refractivity (Wildman–Crippen MR) is 95.4 cm³/mol. The van der Waals surface area contributed by atoms with E-state index < -0.39 is 0 Å². The van der Waals surface area contributed by atoms with Gasteiger partial charge >= 0.3 is 0 Å². The second-order valence-corrected chi connectivity index (χ2v) is 6.22. The average Bonchev–Trinajstić information content (AvgIpc) is 2.99. The first kappa shape index (κ1) is 15.7. The molecule has 3 rings (SSSR count). The van der Waals surface area contributed by atoms with Gasteiger partial charge in [0.15, 0.2) is 0 Å². The van der Waals surface area contributed by atoms with E-state index >= 15 is 0 Å². The van der Waals surface area contributed by atoms with Gasteiger partial charge in [-0.05, 0) is 30.0 Å². The summed E-state index contributed by atoms with van der Waals surface area (Å²) < 4.78 is 0. The minimum atomic E-state index is 0.435. The van der Waals surface area contributed by atoms with E-state index in [1.54, 1.807) is 0 Å². The van der Waals surface area contributed by atoms with E-state index in [2.05, 4.69) is 53.3 Å². The van der Waals surface area contributed by atoms with Crippen molar-refractivity contribution in [1.29, 1.82) is 0 Å². The van der Waals surface area contributed by atoms with Crippen molar-refractivity contribution in [2.45, 2.75) is 45.1 Å². The molecule has 0 radical (unpaired) electrons. The van der Waals surface area contributed by atoms with Crippen LogP contribution in [-0.4, -0.2) is 22.2 Å². The summed E-state index contributed by atoms with van der Waals surface area (Å²) in [6.45, 7) is 4.06. The molecule has 1 aromatic carbocycles.